The van der Waals surface area contributed by atoms with E-state index in [0.29, 0.717) is 32.6 Å². The number of pyridine rings is 1. The number of benzene rings is 2. The molecule has 0 atom stereocenters. The van der Waals surface area contributed by atoms with E-state index in [1.54, 1.807) is 42.5 Å². The van der Waals surface area contributed by atoms with Crippen molar-refractivity contribution in [3.63, 3.8) is 0 Å². The predicted octanol–water partition coefficient (Wildman–Crippen LogP) is 5.20. The predicted molar refractivity (Wildman–Crippen MR) is 103 cm³/mol. The lowest BCUT2D eigenvalue weighted by atomic mass is 10.1. The van der Waals surface area contributed by atoms with Crippen molar-refractivity contribution < 1.29 is 4.79 Å². The van der Waals surface area contributed by atoms with Gasteiger partial charge >= 0.3 is 0 Å². The molecule has 126 valence electrons. The number of carbonyl (C=O) groups is 1. The molecule has 0 bridgehead atoms. The molecule has 2 aromatic carbocycles. The molecule has 0 fully saturated rings. The summed E-state index contributed by atoms with van der Waals surface area (Å²) >= 11 is 12.2. The van der Waals surface area contributed by atoms with Crippen LogP contribution in [0.2, 0.25) is 10.0 Å². The van der Waals surface area contributed by atoms with Gasteiger partial charge in [-0.15, -0.1) is 0 Å². The third-order valence-corrected chi connectivity index (χ3v) is 4.26. The number of aromatic nitrogens is 1. The van der Waals surface area contributed by atoms with Gasteiger partial charge in [-0.25, -0.2) is 4.98 Å². The smallest absolute Gasteiger partial charge is 0.256 e. The number of hydrogen-bond donors (Lipinski definition) is 2. The Labute approximate surface area is 155 Å². The third kappa shape index (κ3) is 3.92. The number of nitrogen functional groups attached to an aromatic ring is 1. The summed E-state index contributed by atoms with van der Waals surface area (Å²) in [6.07, 6.45) is 0. The number of aryl methyl sites for hydroxylation is 1. The number of carbonyl (C=O) groups excluding carboxylic acids is 1. The Morgan fingerprint density at radius 3 is 2.40 bits per heavy atom. The molecule has 0 radical (unpaired) electrons. The van der Waals surface area contributed by atoms with Gasteiger partial charge in [0.2, 0.25) is 0 Å². The molecule has 6 heteroatoms. The van der Waals surface area contributed by atoms with Crippen LogP contribution in [0.1, 0.15) is 15.9 Å². The van der Waals surface area contributed by atoms with Crippen molar-refractivity contribution in [1.82, 2.24) is 4.98 Å². The molecule has 0 spiro atoms. The molecule has 0 unspecified atom stereocenters. The third-order valence-electron chi connectivity index (χ3n) is 3.70. The molecule has 0 saturated heterocycles. The van der Waals surface area contributed by atoms with Gasteiger partial charge in [0.05, 0.1) is 0 Å². The number of halogens is 2. The van der Waals surface area contributed by atoms with Crippen LogP contribution in [-0.4, -0.2) is 10.9 Å². The summed E-state index contributed by atoms with van der Waals surface area (Å²) in [7, 11) is 0. The molecule has 0 aliphatic heterocycles. The highest BCUT2D eigenvalue weighted by atomic mass is 35.5. The zero-order valence-corrected chi connectivity index (χ0v) is 14.9. The second-order valence-electron chi connectivity index (χ2n) is 5.57. The SMILES string of the molecule is Cc1ccc(C(=O)Nc2ccc(-c3cc(Cl)ccc3Cl)c(N)n2)cc1. The quantitative estimate of drug-likeness (QED) is 0.664. The molecule has 1 aromatic heterocycles. The summed E-state index contributed by atoms with van der Waals surface area (Å²) in [5.41, 5.74) is 9.02. The average molecular weight is 372 g/mol. The lowest BCUT2D eigenvalue weighted by Crippen LogP contribution is -2.13. The van der Waals surface area contributed by atoms with Crippen molar-refractivity contribution in [3.8, 4) is 11.1 Å². The maximum atomic E-state index is 12.3. The second-order valence-corrected chi connectivity index (χ2v) is 6.42. The summed E-state index contributed by atoms with van der Waals surface area (Å²) in [6.45, 7) is 1.96. The molecule has 4 nitrogen and oxygen atoms in total. The van der Waals surface area contributed by atoms with E-state index < -0.39 is 0 Å². The Hall–Kier alpha value is -2.56. The zero-order valence-electron chi connectivity index (χ0n) is 13.4. The molecule has 3 aromatic rings. The van der Waals surface area contributed by atoms with Gasteiger partial charge in [0.1, 0.15) is 11.6 Å². The maximum Gasteiger partial charge on any atom is 0.256 e. The molecule has 1 heterocycles. The fourth-order valence-electron chi connectivity index (χ4n) is 2.37. The average Bonchev–Trinajstić information content (AvgIpc) is 2.58. The minimum absolute atomic E-state index is 0.250. The topological polar surface area (TPSA) is 68.0 Å². The number of rotatable bonds is 3. The van der Waals surface area contributed by atoms with Gasteiger partial charge in [0, 0.05) is 26.7 Å². The molecular weight excluding hydrogens is 357 g/mol. The van der Waals surface area contributed by atoms with Crippen molar-refractivity contribution in [2.75, 3.05) is 11.1 Å². The molecular formula is C19H15Cl2N3O. The first-order valence-corrected chi connectivity index (χ1v) is 8.29. The highest BCUT2D eigenvalue weighted by Crippen LogP contribution is 2.34. The highest BCUT2D eigenvalue weighted by molar-refractivity contribution is 6.35. The fourth-order valence-corrected chi connectivity index (χ4v) is 2.76. The van der Waals surface area contributed by atoms with Crippen LogP contribution in [0.3, 0.4) is 0 Å². The number of nitrogens with zero attached hydrogens (tertiary/aromatic N) is 1. The standard InChI is InChI=1S/C19H15Cl2N3O/c1-11-2-4-12(5-3-11)19(25)24-17-9-7-14(18(22)23-17)15-10-13(20)6-8-16(15)21/h2-10H,1H3,(H3,22,23,24,25). The van der Waals surface area contributed by atoms with Gasteiger partial charge in [0.25, 0.3) is 5.91 Å². The van der Waals surface area contributed by atoms with Crippen LogP contribution < -0.4 is 11.1 Å². The first kappa shape index (κ1) is 17.3. The molecule has 0 saturated carbocycles. The first-order valence-electron chi connectivity index (χ1n) is 7.54. The molecule has 1 amide bonds. The lowest BCUT2D eigenvalue weighted by Gasteiger charge is -2.10. The number of nitrogens with one attached hydrogen (secondary N) is 1. The Balaban J connectivity index is 1.86. The van der Waals surface area contributed by atoms with E-state index in [-0.39, 0.29) is 11.7 Å². The van der Waals surface area contributed by atoms with Crippen LogP contribution in [-0.2, 0) is 0 Å². The molecule has 25 heavy (non-hydrogen) atoms. The van der Waals surface area contributed by atoms with Gasteiger partial charge in [-0.3, -0.25) is 4.79 Å². The molecule has 0 aliphatic rings. The van der Waals surface area contributed by atoms with E-state index >= 15 is 0 Å². The monoisotopic (exact) mass is 371 g/mol. The minimum Gasteiger partial charge on any atom is -0.383 e. The summed E-state index contributed by atoms with van der Waals surface area (Å²) in [4.78, 5) is 16.5. The van der Waals surface area contributed by atoms with E-state index in [1.807, 2.05) is 19.1 Å². The van der Waals surface area contributed by atoms with E-state index in [0.717, 1.165) is 5.56 Å². The van der Waals surface area contributed by atoms with Crippen molar-refractivity contribution in [1.29, 1.82) is 0 Å². The second kappa shape index (κ2) is 7.13. The number of amides is 1. The normalized spacial score (nSPS) is 10.5. The summed E-state index contributed by atoms with van der Waals surface area (Å²) in [6, 6.07) is 15.8. The Morgan fingerprint density at radius 1 is 1.00 bits per heavy atom. The number of nitrogens with two attached hydrogens (primary N) is 1. The highest BCUT2D eigenvalue weighted by Gasteiger charge is 2.12. The van der Waals surface area contributed by atoms with E-state index in [1.165, 1.54) is 0 Å². The van der Waals surface area contributed by atoms with Crippen LogP contribution in [0.25, 0.3) is 11.1 Å². The van der Waals surface area contributed by atoms with Crippen molar-refractivity contribution in [3.05, 3.63) is 75.8 Å². The summed E-state index contributed by atoms with van der Waals surface area (Å²) in [5.74, 6) is 0.372. The van der Waals surface area contributed by atoms with Crippen LogP contribution in [0.4, 0.5) is 11.6 Å². The Kier molecular flexibility index (Phi) is 4.93. The van der Waals surface area contributed by atoms with Gasteiger partial charge in [0.15, 0.2) is 0 Å². The Morgan fingerprint density at radius 2 is 1.72 bits per heavy atom. The minimum atomic E-state index is -0.250. The van der Waals surface area contributed by atoms with Gasteiger partial charge < -0.3 is 11.1 Å². The molecule has 0 aliphatic carbocycles. The van der Waals surface area contributed by atoms with E-state index in [9.17, 15) is 4.79 Å². The van der Waals surface area contributed by atoms with Crippen LogP contribution in [0.15, 0.2) is 54.6 Å². The number of hydrogen-bond acceptors (Lipinski definition) is 3. The summed E-state index contributed by atoms with van der Waals surface area (Å²) < 4.78 is 0. The van der Waals surface area contributed by atoms with Crippen LogP contribution >= 0.6 is 23.2 Å². The molecule has 3 N–H and O–H groups in total. The van der Waals surface area contributed by atoms with E-state index in [4.69, 9.17) is 28.9 Å². The van der Waals surface area contributed by atoms with Gasteiger partial charge in [-0.05, 0) is 49.4 Å². The lowest BCUT2D eigenvalue weighted by molar-refractivity contribution is 0.102. The maximum absolute atomic E-state index is 12.3. The van der Waals surface area contributed by atoms with Crippen molar-refractivity contribution in [2.45, 2.75) is 6.92 Å². The largest absolute Gasteiger partial charge is 0.383 e. The van der Waals surface area contributed by atoms with Crippen LogP contribution in [0.5, 0.6) is 0 Å². The first-order chi connectivity index (χ1) is 11.9. The van der Waals surface area contributed by atoms with Crippen molar-refractivity contribution in [2.24, 2.45) is 0 Å². The van der Waals surface area contributed by atoms with Crippen LogP contribution in [0, 0.1) is 6.92 Å². The van der Waals surface area contributed by atoms with Gasteiger partial charge in [-0.1, -0.05) is 40.9 Å². The zero-order chi connectivity index (χ0) is 18.0. The van der Waals surface area contributed by atoms with E-state index in [2.05, 4.69) is 10.3 Å². The molecule has 3 rings (SSSR count). The fraction of sp³-hybridized carbons (Fsp3) is 0.0526. The summed E-state index contributed by atoms with van der Waals surface area (Å²) in [5, 5.41) is 3.81. The Bertz CT molecular complexity index is 940. The van der Waals surface area contributed by atoms with Crippen molar-refractivity contribution >= 4 is 40.7 Å². The van der Waals surface area contributed by atoms with Gasteiger partial charge in [-0.2, -0.15) is 0 Å². The number of anilines is 2.